The van der Waals surface area contributed by atoms with Gasteiger partial charge in [-0.1, -0.05) is 65.3 Å². The van der Waals surface area contributed by atoms with Crippen LogP contribution in [0.5, 0.6) is 0 Å². The van der Waals surface area contributed by atoms with Gasteiger partial charge in [-0.2, -0.15) is 0 Å². The van der Waals surface area contributed by atoms with Crippen molar-refractivity contribution in [3.63, 3.8) is 0 Å². The smallest absolute Gasteiger partial charge is 0.303 e. The van der Waals surface area contributed by atoms with Gasteiger partial charge >= 0.3 is 41.8 Å². The Morgan fingerprint density at radius 2 is 1.18 bits per heavy atom. The number of aromatic nitrogens is 3. The molecule has 4 saturated carbocycles. The normalized spacial score (nSPS) is 39.5. The van der Waals surface area contributed by atoms with Gasteiger partial charge in [0.2, 0.25) is 5.91 Å². The van der Waals surface area contributed by atoms with E-state index in [1.54, 1.807) is 0 Å². The molecular weight excluding hydrogens is 1080 g/mol. The number of fused-ring (bicyclic) bond motifs is 7. The second kappa shape index (κ2) is 23.7. The third-order valence-corrected chi connectivity index (χ3v) is 20.2. The molecule has 0 bridgehead atoms. The highest BCUT2D eigenvalue weighted by molar-refractivity contribution is 5.85. The van der Waals surface area contributed by atoms with Crippen molar-refractivity contribution in [2.24, 2.45) is 50.2 Å². The van der Waals surface area contributed by atoms with Gasteiger partial charge in [-0.25, -0.2) is 4.68 Å². The molecule has 2 aliphatic heterocycles. The average Bonchev–Trinajstić information content (AvgIpc) is 0.980. The second-order valence-corrected chi connectivity index (χ2v) is 26.4. The van der Waals surface area contributed by atoms with Crippen LogP contribution in [-0.4, -0.2) is 153 Å². The summed E-state index contributed by atoms with van der Waals surface area (Å²) in [5.74, 6) is -6.02. The molecule has 8 rings (SSSR count). The lowest BCUT2D eigenvalue weighted by Crippen LogP contribution is -2.68. The van der Waals surface area contributed by atoms with E-state index in [1.165, 1.54) is 16.5 Å². The van der Waals surface area contributed by atoms with E-state index in [-0.39, 0.29) is 51.8 Å². The highest BCUT2D eigenvalue weighted by Crippen LogP contribution is 2.76. The molecule has 3 N–H and O–H groups in total. The zero-order chi connectivity index (χ0) is 61.1. The number of allylic oxidation sites excluding steroid dienone is 2. The number of carbonyl (C=O) groups is 8. The molecule has 1 aromatic heterocycles. The molecule has 1 aromatic rings. The molecule has 0 unspecified atom stereocenters. The van der Waals surface area contributed by atoms with Crippen LogP contribution in [0.25, 0.3) is 0 Å². The lowest BCUT2D eigenvalue weighted by molar-refractivity contribution is -0.349. The SMILES string of the molecule is CC(=O)OC[C@H]1O[C@@H](O[C@H]2[C@H](OC(C)=O)[C@@H](OC(C)=O)[C@H](n3cc(CNC(=O)[C@]45CCC(C)(C)C[C@H]4C4=CC[C@@H]6[C@@]7(C)CC[C@H](O)C(C)(C)[C@@H]7CC[C@@]6(C)[C@]4(C)C[C@H]5O)nn3)O[C@@H]2COC(C)=O)[C@H](OC(C)=O)[C@@H](OC(C)=O)[C@H]1OC(C)=O. The second-order valence-electron chi connectivity index (χ2n) is 26.4. The molecule has 19 atom stereocenters. The van der Waals surface area contributed by atoms with E-state index in [9.17, 15) is 43.8 Å². The maximum atomic E-state index is 15.3. The molecule has 462 valence electrons. The molecule has 5 aliphatic carbocycles. The third-order valence-electron chi connectivity index (χ3n) is 20.2. The zero-order valence-electron chi connectivity index (χ0n) is 50.4. The van der Waals surface area contributed by atoms with Crippen LogP contribution < -0.4 is 5.32 Å². The topological polar surface area (TPSA) is 312 Å². The van der Waals surface area contributed by atoms with Gasteiger partial charge in [0.1, 0.15) is 37.2 Å². The van der Waals surface area contributed by atoms with Crippen LogP contribution in [0.3, 0.4) is 0 Å². The fraction of sp³-hybridized carbons (Fsp3) is 0.797. The van der Waals surface area contributed by atoms with Crippen molar-refractivity contribution in [3.05, 3.63) is 23.5 Å². The molecular formula is C59H86N4O20. The lowest BCUT2D eigenvalue weighted by atomic mass is 9.33. The first-order chi connectivity index (χ1) is 38.7. The van der Waals surface area contributed by atoms with Crippen LogP contribution in [0.2, 0.25) is 0 Å². The summed E-state index contributed by atoms with van der Waals surface area (Å²) in [6, 6.07) is 0. The number of esters is 7. The number of nitrogens with one attached hydrogen (secondary N) is 1. The Morgan fingerprint density at radius 3 is 1.77 bits per heavy atom. The molecule has 7 aliphatic rings. The van der Waals surface area contributed by atoms with E-state index >= 15 is 4.79 Å². The van der Waals surface area contributed by atoms with Crippen LogP contribution in [-0.2, 0) is 92.3 Å². The Kier molecular flexibility index (Phi) is 18.1. The summed E-state index contributed by atoms with van der Waals surface area (Å²) in [5, 5.41) is 35.9. The van der Waals surface area contributed by atoms with Crippen molar-refractivity contribution in [1.82, 2.24) is 20.3 Å². The van der Waals surface area contributed by atoms with E-state index in [0.717, 1.165) is 80.6 Å². The monoisotopic (exact) mass is 1170 g/mol. The minimum absolute atomic E-state index is 0.0173. The Hall–Kier alpha value is -5.56. The van der Waals surface area contributed by atoms with E-state index in [0.29, 0.717) is 37.5 Å². The minimum atomic E-state index is -1.87. The first kappa shape index (κ1) is 63.5. The minimum Gasteiger partial charge on any atom is -0.463 e. The Balaban J connectivity index is 1.09. The zero-order valence-corrected chi connectivity index (χ0v) is 50.4. The number of aliphatic hydroxyl groups excluding tert-OH is 2. The van der Waals surface area contributed by atoms with Crippen LogP contribution in [0.4, 0.5) is 0 Å². The molecule has 0 aromatic carbocycles. The third kappa shape index (κ3) is 12.1. The predicted molar refractivity (Wildman–Crippen MR) is 287 cm³/mol. The van der Waals surface area contributed by atoms with E-state index in [4.69, 9.17) is 47.4 Å². The molecule has 2 saturated heterocycles. The van der Waals surface area contributed by atoms with Crippen molar-refractivity contribution in [2.45, 2.75) is 235 Å². The van der Waals surface area contributed by atoms with Gasteiger partial charge in [-0.3, -0.25) is 38.4 Å². The summed E-state index contributed by atoms with van der Waals surface area (Å²) in [4.78, 5) is 104. The molecule has 0 spiro atoms. The summed E-state index contributed by atoms with van der Waals surface area (Å²) in [6.45, 7) is 22.2. The van der Waals surface area contributed by atoms with E-state index < -0.39 is 133 Å². The summed E-state index contributed by atoms with van der Waals surface area (Å²) in [7, 11) is 0. The van der Waals surface area contributed by atoms with Crippen LogP contribution in [0.1, 0.15) is 167 Å². The quantitative estimate of drug-likeness (QED) is 0.120. The number of aliphatic hydroxyl groups is 2. The number of ether oxygens (including phenoxy) is 10. The maximum Gasteiger partial charge on any atom is 0.303 e. The number of rotatable bonds is 15. The Labute approximate surface area is 484 Å². The largest absolute Gasteiger partial charge is 0.463 e. The first-order valence-corrected chi connectivity index (χ1v) is 29.0. The van der Waals surface area contributed by atoms with Gasteiger partial charge in [0.05, 0.1) is 30.4 Å². The van der Waals surface area contributed by atoms with E-state index in [1.807, 2.05) is 0 Å². The van der Waals surface area contributed by atoms with Crippen molar-refractivity contribution in [3.8, 4) is 0 Å². The summed E-state index contributed by atoms with van der Waals surface area (Å²) >= 11 is 0. The van der Waals surface area contributed by atoms with Gasteiger partial charge in [-0.05, 0) is 103 Å². The van der Waals surface area contributed by atoms with Crippen molar-refractivity contribution >= 4 is 47.7 Å². The molecule has 6 fully saturated rings. The standard InChI is InChI=1S/C59H86N4O20/c1-29(64)74-27-39-46(83-52-50(80-35(7)70)48(78-33(5)68)45(76-31(3)66)40(82-52)28-75-30(2)65)47(77-32(4)67)49(79-34(6)69)51(81-39)63-26-36(61-62-63)25-60-53(73)59-22-21-54(8,9)23-38(59)37-15-16-42-56(12)19-18-43(71)55(10,11)41(56)17-20-57(42,13)58(37,14)24-44(59)72/h15,26,38-52,71-72H,16-25,27-28H2,1-14H3,(H,60,73)/t38-,39+,40+,41-,42+,43-,44+,45-,46+,47-,48-,49+,50+,51+,52-,56-,57+,58+,59+/m0/s1. The van der Waals surface area contributed by atoms with Crippen molar-refractivity contribution < 1.29 is 95.9 Å². The number of amides is 1. The number of carbonyl (C=O) groups excluding carboxylic acids is 8. The highest BCUT2D eigenvalue weighted by atomic mass is 16.8. The van der Waals surface area contributed by atoms with Crippen LogP contribution >= 0.6 is 0 Å². The fourth-order valence-electron chi connectivity index (χ4n) is 16.3. The lowest BCUT2D eigenvalue weighted by Gasteiger charge is -2.71. The molecule has 24 nitrogen and oxygen atoms in total. The van der Waals surface area contributed by atoms with Crippen LogP contribution in [0.15, 0.2) is 17.8 Å². The fourth-order valence-corrected chi connectivity index (χ4v) is 16.3. The average molecular weight is 1170 g/mol. The van der Waals surface area contributed by atoms with Gasteiger partial charge in [0.15, 0.2) is 43.0 Å². The van der Waals surface area contributed by atoms with E-state index in [2.05, 4.69) is 70.2 Å². The number of hydrogen-bond donors (Lipinski definition) is 3. The van der Waals surface area contributed by atoms with Gasteiger partial charge in [0.25, 0.3) is 0 Å². The van der Waals surface area contributed by atoms with Crippen molar-refractivity contribution in [2.75, 3.05) is 13.2 Å². The molecule has 3 heterocycles. The number of nitrogens with zero attached hydrogens (tertiary/aromatic N) is 3. The highest BCUT2D eigenvalue weighted by Gasteiger charge is 2.71. The molecule has 24 heteroatoms. The maximum absolute atomic E-state index is 15.3. The number of hydrogen-bond acceptors (Lipinski definition) is 22. The molecule has 0 radical (unpaired) electrons. The molecule has 83 heavy (non-hydrogen) atoms. The first-order valence-electron chi connectivity index (χ1n) is 29.0. The van der Waals surface area contributed by atoms with Gasteiger partial charge < -0.3 is 62.9 Å². The summed E-state index contributed by atoms with van der Waals surface area (Å²) in [5.41, 5.74) is -0.652. The van der Waals surface area contributed by atoms with Gasteiger partial charge in [0, 0.05) is 48.5 Å². The van der Waals surface area contributed by atoms with Gasteiger partial charge in [-0.15, -0.1) is 5.10 Å². The van der Waals surface area contributed by atoms with Crippen LogP contribution in [0, 0.1) is 50.2 Å². The predicted octanol–water partition coefficient (Wildman–Crippen LogP) is 4.82. The Morgan fingerprint density at radius 1 is 0.627 bits per heavy atom. The summed E-state index contributed by atoms with van der Waals surface area (Å²) in [6.07, 6.45) is -7.17. The van der Waals surface area contributed by atoms with Crippen molar-refractivity contribution in [1.29, 1.82) is 0 Å². The molecule has 1 amide bonds. The summed E-state index contributed by atoms with van der Waals surface area (Å²) < 4.78 is 59.6. The Bertz CT molecular complexity index is 2710.